The van der Waals surface area contributed by atoms with Crippen molar-refractivity contribution in [2.24, 2.45) is 4.99 Å². The molecule has 130 valence electrons. The van der Waals surface area contributed by atoms with E-state index in [1.807, 2.05) is 6.20 Å². The maximum Gasteiger partial charge on any atom is 0.0589 e. The van der Waals surface area contributed by atoms with Crippen molar-refractivity contribution in [3.8, 4) is 0 Å². The molecule has 1 aromatic heterocycles. The molecule has 0 N–H and O–H groups in total. The number of rotatable bonds is 3. The number of hydrogen-bond donors (Lipinski definition) is 0. The molecule has 0 saturated heterocycles. The fraction of sp³-hybridized carbons (Fsp3) is 0.409. The molecule has 1 unspecified atom stereocenters. The van der Waals surface area contributed by atoms with Crippen LogP contribution in [0.3, 0.4) is 0 Å². The van der Waals surface area contributed by atoms with Crippen LogP contribution in [-0.4, -0.2) is 29.8 Å². The minimum absolute atomic E-state index is 0.410. The topological polar surface area (TPSA) is 20.5 Å². The maximum absolute atomic E-state index is 3.92. The lowest BCUT2D eigenvalue weighted by atomic mass is 9.92. The lowest BCUT2D eigenvalue weighted by Crippen LogP contribution is -2.28. The summed E-state index contributed by atoms with van der Waals surface area (Å²) in [5.41, 5.74) is 8.81. The van der Waals surface area contributed by atoms with Crippen LogP contribution in [0.5, 0.6) is 0 Å². The minimum atomic E-state index is 0.410. The Morgan fingerprint density at radius 1 is 1.32 bits per heavy atom. The molecular formula is C22H27N3. The molecule has 0 fully saturated rings. The third-order valence-corrected chi connectivity index (χ3v) is 5.79. The van der Waals surface area contributed by atoms with Gasteiger partial charge >= 0.3 is 0 Å². The first-order valence-corrected chi connectivity index (χ1v) is 9.26. The normalized spacial score (nSPS) is 21.1. The summed E-state index contributed by atoms with van der Waals surface area (Å²) in [7, 11) is 2.23. The smallest absolute Gasteiger partial charge is 0.0589 e. The van der Waals surface area contributed by atoms with Gasteiger partial charge < -0.3 is 9.47 Å². The van der Waals surface area contributed by atoms with Crippen LogP contribution in [0.15, 0.2) is 41.1 Å². The van der Waals surface area contributed by atoms with Gasteiger partial charge in [0, 0.05) is 36.8 Å². The Hall–Kier alpha value is -2.13. The monoisotopic (exact) mass is 333 g/mol. The van der Waals surface area contributed by atoms with E-state index in [-0.39, 0.29) is 0 Å². The lowest BCUT2D eigenvalue weighted by molar-refractivity contribution is 0.307. The number of aryl methyl sites for hydroxylation is 2. The van der Waals surface area contributed by atoms with Gasteiger partial charge in [-0.1, -0.05) is 17.7 Å². The van der Waals surface area contributed by atoms with Crippen molar-refractivity contribution < 1.29 is 0 Å². The van der Waals surface area contributed by atoms with Crippen LogP contribution in [0.1, 0.15) is 41.8 Å². The molecule has 2 aromatic rings. The van der Waals surface area contributed by atoms with Crippen LogP contribution in [-0.2, 0) is 19.4 Å². The summed E-state index contributed by atoms with van der Waals surface area (Å²) in [6.07, 6.45) is 9.62. The molecule has 2 aliphatic rings. The van der Waals surface area contributed by atoms with E-state index in [1.54, 1.807) is 11.3 Å². The molecular weight excluding hydrogens is 306 g/mol. The van der Waals surface area contributed by atoms with Gasteiger partial charge in [0.05, 0.1) is 11.6 Å². The number of nitrogens with zero attached hydrogens (tertiary/aromatic N) is 3. The second kappa shape index (κ2) is 6.30. The highest BCUT2D eigenvalue weighted by molar-refractivity contribution is 5.90. The lowest BCUT2D eigenvalue weighted by Gasteiger charge is -2.31. The van der Waals surface area contributed by atoms with Crippen LogP contribution in [0.2, 0.25) is 0 Å². The first-order chi connectivity index (χ1) is 12.1. The van der Waals surface area contributed by atoms with E-state index in [0.717, 1.165) is 32.4 Å². The van der Waals surface area contributed by atoms with Crippen molar-refractivity contribution in [1.82, 2.24) is 9.47 Å². The number of hydrogen-bond acceptors (Lipinski definition) is 2. The molecule has 3 heterocycles. The number of fused-ring (bicyclic) bond motifs is 3. The van der Waals surface area contributed by atoms with E-state index >= 15 is 0 Å². The van der Waals surface area contributed by atoms with Crippen molar-refractivity contribution in [2.45, 2.75) is 45.7 Å². The van der Waals surface area contributed by atoms with Gasteiger partial charge in [-0.3, -0.25) is 4.99 Å². The second-order valence-electron chi connectivity index (χ2n) is 7.44. The minimum Gasteiger partial charge on any atom is -0.336 e. The zero-order valence-electron chi connectivity index (χ0n) is 15.5. The van der Waals surface area contributed by atoms with Crippen molar-refractivity contribution >= 4 is 17.6 Å². The molecule has 0 amide bonds. The Labute approximate surface area is 150 Å². The SMILES string of the molecule is C=N/C=C\C(=C/C)C1CCc2cc(C)cc3c4c(n1c23)CCN(C)C4. The van der Waals surface area contributed by atoms with E-state index in [1.165, 1.54) is 27.6 Å². The van der Waals surface area contributed by atoms with Gasteiger partial charge in [-0.2, -0.15) is 0 Å². The van der Waals surface area contributed by atoms with E-state index in [9.17, 15) is 0 Å². The molecule has 1 aromatic carbocycles. The van der Waals surface area contributed by atoms with Crippen molar-refractivity contribution in [3.63, 3.8) is 0 Å². The Balaban J connectivity index is 1.98. The Morgan fingerprint density at radius 3 is 2.92 bits per heavy atom. The predicted molar refractivity (Wildman–Crippen MR) is 107 cm³/mol. The van der Waals surface area contributed by atoms with E-state index in [4.69, 9.17) is 0 Å². The molecule has 2 aliphatic heterocycles. The summed E-state index contributed by atoms with van der Waals surface area (Å²) < 4.78 is 2.65. The van der Waals surface area contributed by atoms with E-state index in [2.05, 4.69) is 66.4 Å². The molecule has 3 heteroatoms. The first-order valence-electron chi connectivity index (χ1n) is 9.26. The number of benzene rings is 1. The van der Waals surface area contributed by atoms with Crippen molar-refractivity contribution in [2.75, 3.05) is 13.6 Å². The highest BCUT2D eigenvalue weighted by Gasteiger charge is 2.31. The molecule has 0 bridgehead atoms. The van der Waals surface area contributed by atoms with Crippen LogP contribution < -0.4 is 0 Å². The average molecular weight is 333 g/mol. The van der Waals surface area contributed by atoms with Crippen molar-refractivity contribution in [3.05, 3.63) is 58.4 Å². The molecule has 1 atom stereocenters. The molecule has 3 nitrogen and oxygen atoms in total. The number of aromatic nitrogens is 1. The summed E-state index contributed by atoms with van der Waals surface area (Å²) in [6.45, 7) is 10.1. The summed E-state index contributed by atoms with van der Waals surface area (Å²) >= 11 is 0. The summed E-state index contributed by atoms with van der Waals surface area (Å²) in [4.78, 5) is 6.36. The number of likely N-dealkylation sites (N-methyl/N-ethyl adjacent to an activating group) is 1. The standard InChI is InChI=1S/C22H27N3/c1-5-16(8-10-23-3)20-7-6-17-12-15(2)13-18-19-14-24(4)11-9-21(19)25(20)22(17)18/h5,8,10,12-13,20H,3,6-7,9,11,14H2,1-2,4H3/b10-8-,16-5+. The predicted octanol–water partition coefficient (Wildman–Crippen LogP) is 4.59. The summed E-state index contributed by atoms with van der Waals surface area (Å²) in [5, 5.41) is 1.47. The highest BCUT2D eigenvalue weighted by atomic mass is 15.1. The van der Waals surface area contributed by atoms with E-state index < -0.39 is 0 Å². The Bertz CT molecular complexity index is 898. The summed E-state index contributed by atoms with van der Waals surface area (Å²) in [5.74, 6) is 0. The fourth-order valence-electron chi connectivity index (χ4n) is 4.71. The molecule has 0 aliphatic carbocycles. The van der Waals surface area contributed by atoms with Gasteiger partial charge in [0.1, 0.15) is 0 Å². The fourth-order valence-corrected chi connectivity index (χ4v) is 4.71. The molecule has 4 rings (SSSR count). The van der Waals surface area contributed by atoms with Crippen LogP contribution >= 0.6 is 0 Å². The molecule has 0 radical (unpaired) electrons. The first kappa shape index (κ1) is 16.3. The van der Waals surface area contributed by atoms with Gasteiger partial charge in [-0.25, -0.2) is 0 Å². The van der Waals surface area contributed by atoms with Crippen LogP contribution in [0.4, 0.5) is 0 Å². The van der Waals surface area contributed by atoms with Crippen molar-refractivity contribution in [1.29, 1.82) is 0 Å². The second-order valence-corrected chi connectivity index (χ2v) is 7.44. The zero-order chi connectivity index (χ0) is 17.6. The third kappa shape index (κ3) is 2.58. The average Bonchev–Trinajstić information content (AvgIpc) is 2.92. The van der Waals surface area contributed by atoms with Crippen LogP contribution in [0.25, 0.3) is 10.9 Å². The van der Waals surface area contributed by atoms with Crippen LogP contribution in [0, 0.1) is 6.92 Å². The highest BCUT2D eigenvalue weighted by Crippen LogP contribution is 2.42. The van der Waals surface area contributed by atoms with E-state index in [0.29, 0.717) is 6.04 Å². The van der Waals surface area contributed by atoms with Gasteiger partial charge in [0.25, 0.3) is 0 Å². The van der Waals surface area contributed by atoms with Gasteiger partial charge in [0.2, 0.25) is 0 Å². The quantitative estimate of drug-likeness (QED) is 0.594. The number of aliphatic imine (C=N–C) groups is 1. The maximum atomic E-state index is 3.92. The van der Waals surface area contributed by atoms with Gasteiger partial charge in [-0.15, -0.1) is 0 Å². The largest absolute Gasteiger partial charge is 0.336 e. The van der Waals surface area contributed by atoms with Gasteiger partial charge in [-0.05, 0) is 69.3 Å². The van der Waals surface area contributed by atoms with Gasteiger partial charge in [0.15, 0.2) is 0 Å². The Morgan fingerprint density at radius 2 is 2.16 bits per heavy atom. The number of allylic oxidation sites excluding steroid dienone is 3. The zero-order valence-corrected chi connectivity index (χ0v) is 15.5. The molecule has 0 saturated carbocycles. The summed E-state index contributed by atoms with van der Waals surface area (Å²) in [6, 6.07) is 5.19. The Kier molecular flexibility index (Phi) is 4.12. The third-order valence-electron chi connectivity index (χ3n) is 5.79. The molecule has 0 spiro atoms. The molecule has 25 heavy (non-hydrogen) atoms.